The van der Waals surface area contributed by atoms with E-state index in [2.05, 4.69) is 22.6 Å². The Morgan fingerprint density at radius 3 is 2.83 bits per heavy atom. The Balaban J connectivity index is 1.58. The van der Waals surface area contributed by atoms with Crippen LogP contribution in [-0.4, -0.2) is 53.2 Å². The molecule has 8 heteroatoms. The molecule has 2 aromatic rings. The highest BCUT2D eigenvalue weighted by Gasteiger charge is 2.52. The molecule has 1 saturated heterocycles. The minimum absolute atomic E-state index is 0.0327. The van der Waals surface area contributed by atoms with Crippen molar-refractivity contribution in [3.05, 3.63) is 69.3 Å². The van der Waals surface area contributed by atoms with E-state index in [1.54, 1.807) is 54.2 Å². The monoisotopic (exact) mass is 590 g/mol. The third-order valence-corrected chi connectivity index (χ3v) is 7.66. The summed E-state index contributed by atoms with van der Waals surface area (Å²) in [4.78, 5) is 29.7. The molecular formula is C27H31IN2O5. The standard InChI is InChI=1S/C27H31IN2O5/c1-18(6-3-10-25(32)29-13-5-9-21(29)17-31)27(34)23-15-22(35-2)11-12-24(23)30(26(27)33)16-19-7-4-8-20(28)14-19/h3-4,6-8,11-12,14-15,18,21,31,34H,5,9-10,13,16-17H2,1-2H3/b6-3+/t18-,21-,27+/m0/s1. The molecule has 1 fully saturated rings. The summed E-state index contributed by atoms with van der Waals surface area (Å²) in [5.41, 5.74) is 0.327. The summed E-state index contributed by atoms with van der Waals surface area (Å²) >= 11 is 2.24. The van der Waals surface area contributed by atoms with Gasteiger partial charge in [-0.3, -0.25) is 9.59 Å². The van der Waals surface area contributed by atoms with Crippen LogP contribution in [0.4, 0.5) is 5.69 Å². The number of carbonyl (C=O) groups is 2. The number of methoxy groups -OCH3 is 1. The Morgan fingerprint density at radius 1 is 1.31 bits per heavy atom. The molecule has 0 spiro atoms. The van der Waals surface area contributed by atoms with Gasteiger partial charge in [0.15, 0.2) is 5.60 Å². The fourth-order valence-electron chi connectivity index (χ4n) is 5.01. The summed E-state index contributed by atoms with van der Waals surface area (Å²) in [6.45, 7) is 2.73. The zero-order valence-electron chi connectivity index (χ0n) is 20.0. The number of benzene rings is 2. The van der Waals surface area contributed by atoms with Gasteiger partial charge in [-0.1, -0.05) is 31.2 Å². The fraction of sp³-hybridized carbons (Fsp3) is 0.407. The molecule has 0 bridgehead atoms. The maximum atomic E-state index is 13.7. The summed E-state index contributed by atoms with van der Waals surface area (Å²) in [5, 5.41) is 21.3. The zero-order chi connectivity index (χ0) is 25.2. The van der Waals surface area contributed by atoms with Gasteiger partial charge in [-0.25, -0.2) is 0 Å². The van der Waals surface area contributed by atoms with Crippen molar-refractivity contribution in [3.8, 4) is 5.75 Å². The number of carbonyl (C=O) groups excluding carboxylic acids is 2. The summed E-state index contributed by atoms with van der Waals surface area (Å²) in [5.74, 6) is -0.483. The quantitative estimate of drug-likeness (QED) is 0.363. The van der Waals surface area contributed by atoms with Crippen LogP contribution in [0, 0.1) is 9.49 Å². The van der Waals surface area contributed by atoms with Crippen LogP contribution < -0.4 is 9.64 Å². The van der Waals surface area contributed by atoms with Crippen molar-refractivity contribution in [1.82, 2.24) is 4.90 Å². The highest BCUT2D eigenvalue weighted by atomic mass is 127. The molecule has 4 rings (SSSR count). The van der Waals surface area contributed by atoms with Crippen LogP contribution in [-0.2, 0) is 21.7 Å². The van der Waals surface area contributed by atoms with Crippen LogP contribution in [0.3, 0.4) is 0 Å². The number of nitrogens with zero attached hydrogens (tertiary/aromatic N) is 2. The van der Waals surface area contributed by atoms with Gasteiger partial charge >= 0.3 is 0 Å². The van der Waals surface area contributed by atoms with Crippen molar-refractivity contribution in [1.29, 1.82) is 0 Å². The molecule has 2 amide bonds. The van der Waals surface area contributed by atoms with Crippen molar-refractivity contribution in [2.45, 2.75) is 44.4 Å². The molecule has 7 nitrogen and oxygen atoms in total. The van der Waals surface area contributed by atoms with Crippen molar-refractivity contribution < 1.29 is 24.5 Å². The Morgan fingerprint density at radius 2 is 2.11 bits per heavy atom. The number of hydrogen-bond donors (Lipinski definition) is 2. The minimum atomic E-state index is -1.79. The molecule has 0 aliphatic carbocycles. The molecule has 2 heterocycles. The summed E-state index contributed by atoms with van der Waals surface area (Å²) < 4.78 is 6.45. The highest BCUT2D eigenvalue weighted by Crippen LogP contribution is 2.47. The van der Waals surface area contributed by atoms with Gasteiger partial charge in [0.05, 0.1) is 32.0 Å². The van der Waals surface area contributed by atoms with Crippen molar-refractivity contribution in [2.24, 2.45) is 5.92 Å². The number of aliphatic hydroxyl groups is 2. The summed E-state index contributed by atoms with van der Waals surface area (Å²) in [6, 6.07) is 13.1. The predicted molar refractivity (Wildman–Crippen MR) is 142 cm³/mol. The highest BCUT2D eigenvalue weighted by molar-refractivity contribution is 14.1. The van der Waals surface area contributed by atoms with Gasteiger partial charge < -0.3 is 24.7 Å². The van der Waals surface area contributed by atoms with E-state index in [-0.39, 0.29) is 25.0 Å². The second kappa shape index (κ2) is 10.7. The summed E-state index contributed by atoms with van der Waals surface area (Å²) in [7, 11) is 1.55. The molecule has 0 aromatic heterocycles. The van der Waals surface area contributed by atoms with Gasteiger partial charge in [0.25, 0.3) is 5.91 Å². The lowest BCUT2D eigenvalue weighted by Gasteiger charge is -2.28. The van der Waals surface area contributed by atoms with E-state index in [1.165, 1.54) is 0 Å². The lowest BCUT2D eigenvalue weighted by Crippen LogP contribution is -2.44. The van der Waals surface area contributed by atoms with E-state index in [4.69, 9.17) is 4.74 Å². The average Bonchev–Trinajstić information content (AvgIpc) is 3.42. The number of fused-ring (bicyclic) bond motifs is 1. The first-order chi connectivity index (χ1) is 16.8. The topological polar surface area (TPSA) is 90.3 Å². The second-order valence-corrected chi connectivity index (χ2v) is 10.4. The number of aliphatic hydroxyl groups excluding tert-OH is 1. The van der Waals surface area contributed by atoms with Crippen molar-refractivity contribution >= 4 is 40.1 Å². The smallest absolute Gasteiger partial charge is 0.264 e. The van der Waals surface area contributed by atoms with Gasteiger partial charge in [-0.05, 0) is 71.3 Å². The molecule has 2 aliphatic rings. The first-order valence-corrected chi connectivity index (χ1v) is 12.9. The predicted octanol–water partition coefficient (Wildman–Crippen LogP) is 3.60. The molecule has 35 heavy (non-hydrogen) atoms. The third kappa shape index (κ3) is 4.96. The average molecular weight is 590 g/mol. The second-order valence-electron chi connectivity index (χ2n) is 9.16. The number of likely N-dealkylation sites (tertiary alicyclic amines) is 1. The van der Waals surface area contributed by atoms with E-state index in [9.17, 15) is 19.8 Å². The lowest BCUT2D eigenvalue weighted by atomic mass is 9.83. The molecule has 0 unspecified atom stereocenters. The molecule has 2 aliphatic heterocycles. The number of rotatable bonds is 8. The largest absolute Gasteiger partial charge is 0.497 e. The molecule has 3 atom stereocenters. The SMILES string of the molecule is COc1ccc2c(c1)[C@](O)([C@@H](C)/C=C/CC(=O)N1CCC[C@H]1CO)C(=O)N2Cc1cccc(I)c1. The molecule has 0 saturated carbocycles. The maximum absolute atomic E-state index is 13.7. The van der Waals surface area contributed by atoms with E-state index < -0.39 is 17.4 Å². The third-order valence-electron chi connectivity index (χ3n) is 6.99. The number of ether oxygens (including phenoxy) is 1. The maximum Gasteiger partial charge on any atom is 0.264 e. The molecular weight excluding hydrogens is 559 g/mol. The van der Waals surface area contributed by atoms with Crippen LogP contribution in [0.1, 0.15) is 37.3 Å². The van der Waals surface area contributed by atoms with Crippen LogP contribution in [0.5, 0.6) is 5.75 Å². The Bertz CT molecular complexity index is 1140. The van der Waals surface area contributed by atoms with Crippen LogP contribution in [0.2, 0.25) is 0 Å². The molecule has 2 N–H and O–H groups in total. The van der Waals surface area contributed by atoms with Crippen molar-refractivity contribution in [2.75, 3.05) is 25.2 Å². The van der Waals surface area contributed by atoms with E-state index in [0.717, 1.165) is 22.0 Å². The first-order valence-electron chi connectivity index (χ1n) is 11.8. The number of hydrogen-bond acceptors (Lipinski definition) is 5. The Hall–Kier alpha value is -2.43. The minimum Gasteiger partial charge on any atom is -0.497 e. The van der Waals surface area contributed by atoms with Gasteiger partial charge in [0.1, 0.15) is 5.75 Å². The Labute approximate surface area is 219 Å². The van der Waals surface area contributed by atoms with Gasteiger partial charge in [-0.15, -0.1) is 0 Å². The Kier molecular flexibility index (Phi) is 7.83. The van der Waals surface area contributed by atoms with E-state index >= 15 is 0 Å². The van der Waals surface area contributed by atoms with Gasteiger partial charge in [-0.2, -0.15) is 0 Å². The molecule has 2 aromatic carbocycles. The van der Waals surface area contributed by atoms with E-state index in [0.29, 0.717) is 30.1 Å². The van der Waals surface area contributed by atoms with Crippen LogP contribution in [0.25, 0.3) is 0 Å². The summed E-state index contributed by atoms with van der Waals surface area (Å²) in [6.07, 6.45) is 5.30. The van der Waals surface area contributed by atoms with Crippen molar-refractivity contribution in [3.63, 3.8) is 0 Å². The van der Waals surface area contributed by atoms with Crippen LogP contribution >= 0.6 is 22.6 Å². The zero-order valence-corrected chi connectivity index (χ0v) is 22.1. The number of anilines is 1. The van der Waals surface area contributed by atoms with Gasteiger partial charge in [0, 0.05) is 28.0 Å². The normalized spacial score (nSPS) is 22.7. The first kappa shape index (κ1) is 25.7. The number of halogens is 1. The van der Waals surface area contributed by atoms with Gasteiger partial charge in [0.2, 0.25) is 5.91 Å². The lowest BCUT2D eigenvalue weighted by molar-refractivity contribution is -0.139. The van der Waals surface area contributed by atoms with E-state index in [1.807, 2.05) is 24.3 Å². The van der Waals surface area contributed by atoms with Crippen LogP contribution in [0.15, 0.2) is 54.6 Å². The fourth-order valence-corrected chi connectivity index (χ4v) is 5.62. The molecule has 0 radical (unpaired) electrons. The number of amides is 2. The molecule has 186 valence electrons.